The number of carbonyl (C=O) groups is 1. The zero-order valence-electron chi connectivity index (χ0n) is 16.4. The van der Waals surface area contributed by atoms with Gasteiger partial charge in [0.05, 0.1) is 23.4 Å². The number of ether oxygens (including phenoxy) is 1. The van der Waals surface area contributed by atoms with Gasteiger partial charge in [-0.15, -0.1) is 0 Å². The van der Waals surface area contributed by atoms with Crippen LogP contribution in [0.5, 0.6) is 11.5 Å². The van der Waals surface area contributed by atoms with Crippen LogP contribution in [0.1, 0.15) is 18.4 Å². The van der Waals surface area contributed by atoms with Crippen LogP contribution in [-0.2, 0) is 4.79 Å². The zero-order valence-corrected chi connectivity index (χ0v) is 16.4. The number of rotatable bonds is 5. The van der Waals surface area contributed by atoms with Gasteiger partial charge in [-0.05, 0) is 49.2 Å². The van der Waals surface area contributed by atoms with Crippen LogP contribution >= 0.6 is 0 Å². The summed E-state index contributed by atoms with van der Waals surface area (Å²) in [7, 11) is 0. The van der Waals surface area contributed by atoms with Crippen molar-refractivity contribution in [2.75, 3.05) is 23.3 Å². The van der Waals surface area contributed by atoms with Gasteiger partial charge >= 0.3 is 0 Å². The fourth-order valence-corrected chi connectivity index (χ4v) is 3.55. The van der Waals surface area contributed by atoms with E-state index in [-0.39, 0.29) is 11.8 Å². The van der Waals surface area contributed by atoms with E-state index in [1.807, 2.05) is 35.2 Å². The van der Waals surface area contributed by atoms with Gasteiger partial charge < -0.3 is 15.0 Å². The Morgan fingerprint density at radius 3 is 2.87 bits per heavy atom. The van der Waals surface area contributed by atoms with Crippen LogP contribution in [0.2, 0.25) is 0 Å². The average molecular weight is 399 g/mol. The molecule has 3 aromatic rings. The Morgan fingerprint density at radius 2 is 2.03 bits per heavy atom. The van der Waals surface area contributed by atoms with Crippen molar-refractivity contribution in [1.29, 1.82) is 5.26 Å². The zero-order chi connectivity index (χ0) is 20.8. The van der Waals surface area contributed by atoms with Crippen molar-refractivity contribution in [1.82, 2.24) is 9.97 Å². The first-order valence-corrected chi connectivity index (χ1v) is 9.82. The summed E-state index contributed by atoms with van der Waals surface area (Å²) >= 11 is 0. The van der Waals surface area contributed by atoms with Gasteiger partial charge in [-0.3, -0.25) is 9.78 Å². The molecule has 1 saturated heterocycles. The summed E-state index contributed by atoms with van der Waals surface area (Å²) in [6.07, 6.45) is 6.61. The van der Waals surface area contributed by atoms with E-state index >= 15 is 0 Å². The van der Waals surface area contributed by atoms with Gasteiger partial charge in [-0.25, -0.2) is 4.98 Å². The summed E-state index contributed by atoms with van der Waals surface area (Å²) in [5.74, 6) is 1.51. The smallest absolute Gasteiger partial charge is 0.229 e. The number of piperidine rings is 1. The number of benzene rings is 1. The van der Waals surface area contributed by atoms with E-state index in [1.165, 1.54) is 0 Å². The van der Waals surface area contributed by atoms with Gasteiger partial charge in [-0.1, -0.05) is 12.1 Å². The molecule has 0 unspecified atom stereocenters. The molecule has 30 heavy (non-hydrogen) atoms. The summed E-state index contributed by atoms with van der Waals surface area (Å²) in [6, 6.07) is 16.6. The summed E-state index contributed by atoms with van der Waals surface area (Å²) in [6.45, 7) is 1.29. The third-order valence-corrected chi connectivity index (χ3v) is 5.01. The quantitative estimate of drug-likeness (QED) is 0.697. The summed E-state index contributed by atoms with van der Waals surface area (Å²) in [5.41, 5.74) is 1.13. The molecule has 3 heterocycles. The standard InChI is InChI=1S/C23H21N5O2/c24-14-17-6-3-12-26-22(17)28-13-5-7-18(16-28)23(29)27-20-9-1-2-10-21(20)30-19-8-4-11-25-15-19/h1-4,6,8-12,15,18H,5,7,13,16H2,(H,27,29)/t18-/m0/s1. The first-order chi connectivity index (χ1) is 14.7. The van der Waals surface area contributed by atoms with Crippen molar-refractivity contribution < 1.29 is 9.53 Å². The number of pyridine rings is 2. The minimum Gasteiger partial charge on any atom is -0.454 e. The molecule has 1 aliphatic heterocycles. The lowest BCUT2D eigenvalue weighted by Gasteiger charge is -2.33. The normalized spacial score (nSPS) is 15.8. The molecule has 7 heteroatoms. The molecular formula is C23H21N5O2. The van der Waals surface area contributed by atoms with Gasteiger partial charge in [0.2, 0.25) is 5.91 Å². The van der Waals surface area contributed by atoms with Crippen molar-refractivity contribution >= 4 is 17.4 Å². The monoisotopic (exact) mass is 399 g/mol. The van der Waals surface area contributed by atoms with Crippen molar-refractivity contribution in [3.05, 3.63) is 72.7 Å². The van der Waals surface area contributed by atoms with E-state index in [4.69, 9.17) is 4.74 Å². The van der Waals surface area contributed by atoms with Gasteiger partial charge in [-0.2, -0.15) is 5.26 Å². The molecular weight excluding hydrogens is 378 g/mol. The number of carbonyl (C=O) groups excluding carboxylic acids is 1. The predicted octanol–water partition coefficient (Wildman–Crippen LogP) is 4.00. The average Bonchev–Trinajstić information content (AvgIpc) is 2.81. The van der Waals surface area contributed by atoms with E-state index in [0.29, 0.717) is 35.1 Å². The molecule has 1 fully saturated rings. The maximum Gasteiger partial charge on any atom is 0.229 e. The van der Waals surface area contributed by atoms with Crippen LogP contribution < -0.4 is 15.0 Å². The Morgan fingerprint density at radius 1 is 1.17 bits per heavy atom. The van der Waals surface area contributed by atoms with Gasteiger partial charge in [0.25, 0.3) is 0 Å². The van der Waals surface area contributed by atoms with E-state index in [2.05, 4.69) is 21.4 Å². The highest BCUT2D eigenvalue weighted by atomic mass is 16.5. The highest BCUT2D eigenvalue weighted by Gasteiger charge is 2.28. The number of hydrogen-bond acceptors (Lipinski definition) is 6. The van der Waals surface area contributed by atoms with Crippen molar-refractivity contribution in [3.8, 4) is 17.6 Å². The second kappa shape index (κ2) is 9.05. The number of anilines is 2. The van der Waals surface area contributed by atoms with E-state index in [9.17, 15) is 10.1 Å². The molecule has 1 amide bonds. The Balaban J connectivity index is 1.47. The van der Waals surface area contributed by atoms with Crippen molar-refractivity contribution in [2.45, 2.75) is 12.8 Å². The minimum atomic E-state index is -0.209. The fraction of sp³-hybridized carbons (Fsp3) is 0.217. The third-order valence-electron chi connectivity index (χ3n) is 5.01. The lowest BCUT2D eigenvalue weighted by molar-refractivity contribution is -0.120. The minimum absolute atomic E-state index is 0.0728. The number of nitrogens with zero attached hydrogens (tertiary/aromatic N) is 4. The second-order valence-electron chi connectivity index (χ2n) is 7.05. The Kier molecular flexibility index (Phi) is 5.85. The molecule has 1 N–H and O–H groups in total. The van der Waals surface area contributed by atoms with Crippen molar-refractivity contribution in [2.24, 2.45) is 5.92 Å². The van der Waals surface area contributed by atoms with Crippen LogP contribution in [-0.4, -0.2) is 29.0 Å². The number of nitriles is 1. The fourth-order valence-electron chi connectivity index (χ4n) is 3.55. The first kappa shape index (κ1) is 19.4. The molecule has 0 bridgehead atoms. The maximum atomic E-state index is 13.0. The SMILES string of the molecule is N#Cc1cccnc1N1CCC[C@H](C(=O)Nc2ccccc2Oc2cccnc2)C1. The number of amides is 1. The van der Waals surface area contributed by atoms with Crippen LogP contribution in [0.25, 0.3) is 0 Å². The van der Waals surface area contributed by atoms with E-state index < -0.39 is 0 Å². The predicted molar refractivity (Wildman–Crippen MR) is 113 cm³/mol. The number of aromatic nitrogens is 2. The van der Waals surface area contributed by atoms with Gasteiger partial charge in [0, 0.05) is 25.5 Å². The van der Waals surface area contributed by atoms with Crippen LogP contribution in [0.3, 0.4) is 0 Å². The number of para-hydroxylation sites is 2. The van der Waals surface area contributed by atoms with Crippen LogP contribution in [0, 0.1) is 17.2 Å². The highest BCUT2D eigenvalue weighted by molar-refractivity contribution is 5.94. The summed E-state index contributed by atoms with van der Waals surface area (Å²) in [5, 5.41) is 12.4. The highest BCUT2D eigenvalue weighted by Crippen LogP contribution is 2.30. The maximum absolute atomic E-state index is 13.0. The van der Waals surface area contributed by atoms with E-state index in [0.717, 1.165) is 19.4 Å². The molecule has 7 nitrogen and oxygen atoms in total. The number of nitrogens with one attached hydrogen (secondary N) is 1. The molecule has 1 aliphatic rings. The number of hydrogen-bond donors (Lipinski definition) is 1. The van der Waals surface area contributed by atoms with E-state index in [1.54, 1.807) is 36.8 Å². The van der Waals surface area contributed by atoms with Crippen LogP contribution in [0.15, 0.2) is 67.1 Å². The first-order valence-electron chi connectivity index (χ1n) is 9.82. The van der Waals surface area contributed by atoms with Gasteiger partial charge in [0.1, 0.15) is 17.6 Å². The van der Waals surface area contributed by atoms with Gasteiger partial charge in [0.15, 0.2) is 5.75 Å². The summed E-state index contributed by atoms with van der Waals surface area (Å²) < 4.78 is 5.88. The lowest BCUT2D eigenvalue weighted by atomic mass is 9.96. The molecule has 1 atom stereocenters. The molecule has 0 saturated carbocycles. The summed E-state index contributed by atoms with van der Waals surface area (Å²) in [4.78, 5) is 23.4. The topological polar surface area (TPSA) is 91.1 Å². The van der Waals surface area contributed by atoms with Crippen LogP contribution in [0.4, 0.5) is 11.5 Å². The Bertz CT molecular complexity index is 1060. The lowest BCUT2D eigenvalue weighted by Crippen LogP contribution is -2.41. The molecule has 0 spiro atoms. The Hall–Kier alpha value is -3.92. The molecule has 4 rings (SSSR count). The molecule has 2 aromatic heterocycles. The van der Waals surface area contributed by atoms with Crippen molar-refractivity contribution in [3.63, 3.8) is 0 Å². The largest absolute Gasteiger partial charge is 0.454 e. The Labute approximate surface area is 175 Å². The second-order valence-corrected chi connectivity index (χ2v) is 7.05. The molecule has 0 aliphatic carbocycles. The molecule has 150 valence electrons. The molecule has 0 radical (unpaired) electrons. The third kappa shape index (κ3) is 4.39. The molecule has 1 aromatic carbocycles.